The molecule has 3 aromatic heterocycles. The Bertz CT molecular complexity index is 1160. The maximum atomic E-state index is 13.2. The lowest BCUT2D eigenvalue weighted by Gasteiger charge is -2.31. The fourth-order valence-electron chi connectivity index (χ4n) is 3.36. The summed E-state index contributed by atoms with van der Waals surface area (Å²) in [7, 11) is 0. The second-order valence-electron chi connectivity index (χ2n) is 7.16. The number of aromatic nitrogens is 4. The number of alkyl halides is 3. The van der Waals surface area contributed by atoms with Gasteiger partial charge in [-0.05, 0) is 38.1 Å². The van der Waals surface area contributed by atoms with E-state index >= 15 is 0 Å². The lowest BCUT2D eigenvalue weighted by atomic mass is 10.1. The van der Waals surface area contributed by atoms with Crippen molar-refractivity contribution >= 4 is 23.3 Å². The summed E-state index contributed by atoms with van der Waals surface area (Å²) in [6.07, 6.45) is -1.00. The Hall–Kier alpha value is -3.76. The van der Waals surface area contributed by atoms with Gasteiger partial charge in [0.25, 0.3) is 11.8 Å². The Balaban J connectivity index is 1.65. The number of pyridine rings is 2. The molecule has 1 N–H and O–H groups in total. The van der Waals surface area contributed by atoms with Crippen LogP contribution in [0.1, 0.15) is 45.1 Å². The molecule has 1 atom stereocenters. The third-order valence-electron chi connectivity index (χ3n) is 4.86. The van der Waals surface area contributed by atoms with Crippen molar-refractivity contribution in [2.45, 2.75) is 26.1 Å². The Kier molecular flexibility index (Phi) is 4.96. The summed E-state index contributed by atoms with van der Waals surface area (Å²) in [6, 6.07) is 4.98. The molecule has 11 heteroatoms. The van der Waals surface area contributed by atoms with E-state index in [1.54, 1.807) is 32.2 Å². The Morgan fingerprint density at radius 3 is 2.61 bits per heavy atom. The van der Waals surface area contributed by atoms with Gasteiger partial charge in [0.15, 0.2) is 0 Å². The highest BCUT2D eigenvalue weighted by atomic mass is 19.4. The molecule has 1 aliphatic heterocycles. The number of hydrogen-bond donors (Lipinski definition) is 1. The fraction of sp³-hybridized carbons (Fsp3) is 0.250. The maximum absolute atomic E-state index is 13.2. The van der Waals surface area contributed by atoms with Crippen molar-refractivity contribution in [2.75, 3.05) is 16.8 Å². The molecule has 0 unspecified atom stereocenters. The van der Waals surface area contributed by atoms with E-state index in [0.29, 0.717) is 17.6 Å². The predicted molar refractivity (Wildman–Crippen MR) is 105 cm³/mol. The van der Waals surface area contributed by atoms with E-state index in [1.165, 1.54) is 15.8 Å². The van der Waals surface area contributed by atoms with Crippen molar-refractivity contribution < 1.29 is 22.8 Å². The summed E-state index contributed by atoms with van der Waals surface area (Å²) in [6.45, 7) is 3.71. The van der Waals surface area contributed by atoms with Crippen molar-refractivity contribution in [2.24, 2.45) is 0 Å². The first-order chi connectivity index (χ1) is 14.6. The third kappa shape index (κ3) is 3.86. The van der Waals surface area contributed by atoms with Gasteiger partial charge in [0.2, 0.25) is 0 Å². The van der Waals surface area contributed by atoms with Crippen LogP contribution in [0.4, 0.5) is 24.7 Å². The fourth-order valence-corrected chi connectivity index (χ4v) is 3.36. The second kappa shape index (κ2) is 7.49. The maximum Gasteiger partial charge on any atom is 0.417 e. The quantitative estimate of drug-likeness (QED) is 0.687. The highest BCUT2D eigenvalue weighted by Crippen LogP contribution is 2.31. The van der Waals surface area contributed by atoms with Crippen LogP contribution in [0, 0.1) is 6.92 Å². The van der Waals surface area contributed by atoms with E-state index in [0.717, 1.165) is 12.1 Å². The molecule has 3 aromatic rings. The molecule has 4 heterocycles. The Morgan fingerprint density at radius 2 is 1.97 bits per heavy atom. The molecule has 8 nitrogen and oxygen atoms in total. The van der Waals surface area contributed by atoms with Crippen molar-refractivity contribution in [3.63, 3.8) is 0 Å². The van der Waals surface area contributed by atoms with Crippen LogP contribution in [0.3, 0.4) is 0 Å². The lowest BCUT2D eigenvalue weighted by molar-refractivity contribution is -0.137. The zero-order valence-corrected chi connectivity index (χ0v) is 16.5. The SMILES string of the molecule is Cc1cc(NC(=O)c2cnn3c2C(=O)N(c2ccc(C(F)(F)F)cn2)C[C@@H]3C)ccn1. The second-order valence-corrected chi connectivity index (χ2v) is 7.16. The number of fused-ring (bicyclic) bond motifs is 1. The summed E-state index contributed by atoms with van der Waals surface area (Å²) in [5, 5.41) is 6.88. The number of amides is 2. The molecule has 0 saturated heterocycles. The number of anilines is 2. The number of halogens is 3. The van der Waals surface area contributed by atoms with Crippen molar-refractivity contribution in [1.82, 2.24) is 19.7 Å². The molecule has 160 valence electrons. The summed E-state index contributed by atoms with van der Waals surface area (Å²) in [4.78, 5) is 35.1. The highest BCUT2D eigenvalue weighted by molar-refractivity contribution is 6.15. The molecular weight excluding hydrogens is 413 g/mol. The van der Waals surface area contributed by atoms with Crippen molar-refractivity contribution in [1.29, 1.82) is 0 Å². The average Bonchev–Trinajstić information content (AvgIpc) is 3.16. The van der Waals surface area contributed by atoms with E-state index in [2.05, 4.69) is 20.4 Å². The van der Waals surface area contributed by atoms with Gasteiger partial charge in [0, 0.05) is 30.3 Å². The first-order valence-corrected chi connectivity index (χ1v) is 9.32. The minimum atomic E-state index is -4.53. The van der Waals surface area contributed by atoms with Crippen LogP contribution in [-0.2, 0) is 6.18 Å². The number of hydrogen-bond acceptors (Lipinski definition) is 5. The van der Waals surface area contributed by atoms with E-state index in [4.69, 9.17) is 0 Å². The molecule has 0 fully saturated rings. The van der Waals surface area contributed by atoms with E-state index in [1.807, 2.05) is 0 Å². The van der Waals surface area contributed by atoms with Gasteiger partial charge < -0.3 is 5.32 Å². The number of carbonyl (C=O) groups is 2. The standard InChI is InChI=1S/C20H17F3N6O2/c1-11-7-14(5-6-24-11)27-18(30)15-9-26-29-12(2)10-28(19(31)17(15)29)16-4-3-13(8-25-16)20(21,22)23/h3-9,12H,10H2,1-2H3,(H,24,27,30)/t12-/m0/s1. The summed E-state index contributed by atoms with van der Waals surface area (Å²) in [5.74, 6) is -1.04. The number of nitrogens with zero attached hydrogens (tertiary/aromatic N) is 5. The van der Waals surface area contributed by atoms with E-state index < -0.39 is 23.6 Å². The molecule has 2 amide bonds. The van der Waals surface area contributed by atoms with Crippen LogP contribution in [0.15, 0.2) is 42.9 Å². The van der Waals surface area contributed by atoms with Gasteiger partial charge in [-0.3, -0.25) is 24.2 Å². The molecule has 4 rings (SSSR count). The van der Waals surface area contributed by atoms with Gasteiger partial charge in [-0.1, -0.05) is 0 Å². The van der Waals surface area contributed by atoms with Crippen LogP contribution in [0.25, 0.3) is 0 Å². The molecular formula is C20H17F3N6O2. The number of nitrogens with one attached hydrogen (secondary N) is 1. The smallest absolute Gasteiger partial charge is 0.322 e. The zero-order chi connectivity index (χ0) is 22.3. The van der Waals surface area contributed by atoms with Crippen molar-refractivity contribution in [3.05, 3.63) is 65.4 Å². The number of rotatable bonds is 3. The van der Waals surface area contributed by atoms with Crippen LogP contribution in [-0.4, -0.2) is 38.1 Å². The topological polar surface area (TPSA) is 93.0 Å². The minimum Gasteiger partial charge on any atom is -0.322 e. The monoisotopic (exact) mass is 430 g/mol. The van der Waals surface area contributed by atoms with Gasteiger partial charge in [-0.25, -0.2) is 4.98 Å². The highest BCUT2D eigenvalue weighted by Gasteiger charge is 2.36. The minimum absolute atomic E-state index is 0.0451. The molecule has 31 heavy (non-hydrogen) atoms. The Morgan fingerprint density at radius 1 is 1.19 bits per heavy atom. The first-order valence-electron chi connectivity index (χ1n) is 9.32. The summed E-state index contributed by atoms with van der Waals surface area (Å²) in [5.41, 5.74) is 0.410. The van der Waals surface area contributed by atoms with Gasteiger partial charge in [-0.15, -0.1) is 0 Å². The van der Waals surface area contributed by atoms with E-state index in [-0.39, 0.29) is 29.7 Å². The van der Waals surface area contributed by atoms with Crippen LogP contribution in [0.2, 0.25) is 0 Å². The van der Waals surface area contributed by atoms with Gasteiger partial charge in [0.1, 0.15) is 11.5 Å². The molecule has 0 saturated carbocycles. The molecule has 0 radical (unpaired) electrons. The largest absolute Gasteiger partial charge is 0.417 e. The van der Waals surface area contributed by atoms with Crippen LogP contribution in [0.5, 0.6) is 0 Å². The van der Waals surface area contributed by atoms with Crippen LogP contribution >= 0.6 is 0 Å². The molecule has 0 spiro atoms. The molecule has 0 aromatic carbocycles. The number of aryl methyl sites for hydroxylation is 1. The van der Waals surface area contributed by atoms with Gasteiger partial charge >= 0.3 is 6.18 Å². The predicted octanol–water partition coefficient (Wildman–Crippen LogP) is 3.47. The average molecular weight is 430 g/mol. The zero-order valence-electron chi connectivity index (χ0n) is 16.5. The molecule has 0 bridgehead atoms. The van der Waals surface area contributed by atoms with E-state index in [9.17, 15) is 22.8 Å². The molecule has 0 aliphatic carbocycles. The molecule has 1 aliphatic rings. The Labute approximate surface area is 174 Å². The normalized spacial score (nSPS) is 16.2. The first kappa shape index (κ1) is 20.5. The summed E-state index contributed by atoms with van der Waals surface area (Å²) >= 11 is 0. The lowest BCUT2D eigenvalue weighted by Crippen LogP contribution is -2.44. The summed E-state index contributed by atoms with van der Waals surface area (Å²) < 4.78 is 39.9. The van der Waals surface area contributed by atoms with Crippen LogP contribution < -0.4 is 10.2 Å². The number of carbonyl (C=O) groups excluding carboxylic acids is 2. The van der Waals surface area contributed by atoms with Crippen molar-refractivity contribution in [3.8, 4) is 0 Å². The van der Waals surface area contributed by atoms with Gasteiger partial charge in [-0.2, -0.15) is 18.3 Å². The van der Waals surface area contributed by atoms with Gasteiger partial charge in [0.05, 0.1) is 23.4 Å². The third-order valence-corrected chi connectivity index (χ3v) is 4.86.